The summed E-state index contributed by atoms with van der Waals surface area (Å²) < 4.78 is 5.17. The van der Waals surface area contributed by atoms with Gasteiger partial charge in [-0.3, -0.25) is 0 Å². The van der Waals surface area contributed by atoms with E-state index in [9.17, 15) is 4.79 Å². The third kappa shape index (κ3) is 2.94. The third-order valence-electron chi connectivity index (χ3n) is 3.03. The minimum atomic E-state index is -1.06. The second-order valence-corrected chi connectivity index (χ2v) is 4.47. The van der Waals surface area contributed by atoms with Crippen LogP contribution in [0.3, 0.4) is 0 Å². The Labute approximate surface area is 120 Å². The number of benzene rings is 1. The Hall–Kier alpha value is -3.02. The highest BCUT2D eigenvalue weighted by Crippen LogP contribution is 2.19. The van der Waals surface area contributed by atoms with Crippen molar-refractivity contribution in [3.8, 4) is 11.3 Å². The largest absolute Gasteiger partial charge is 0.475 e. The highest BCUT2D eigenvalue weighted by Gasteiger charge is 2.08. The van der Waals surface area contributed by atoms with Crippen LogP contribution in [-0.2, 0) is 6.54 Å². The number of hydrogen-bond acceptors (Lipinski definition) is 4. The van der Waals surface area contributed by atoms with E-state index in [2.05, 4.69) is 15.3 Å². The van der Waals surface area contributed by atoms with Gasteiger partial charge in [-0.25, -0.2) is 9.78 Å². The number of carbonyl (C=O) groups is 1. The van der Waals surface area contributed by atoms with Crippen LogP contribution in [0.15, 0.2) is 53.3 Å². The molecule has 0 amide bonds. The highest BCUT2D eigenvalue weighted by atomic mass is 16.4. The minimum Gasteiger partial charge on any atom is -0.475 e. The van der Waals surface area contributed by atoms with Crippen molar-refractivity contribution in [1.82, 2.24) is 9.97 Å². The van der Waals surface area contributed by atoms with Crippen LogP contribution in [0.2, 0.25) is 0 Å². The maximum Gasteiger partial charge on any atom is 0.371 e. The average Bonchev–Trinajstić information content (AvgIpc) is 3.17. The van der Waals surface area contributed by atoms with Gasteiger partial charge >= 0.3 is 5.97 Å². The van der Waals surface area contributed by atoms with E-state index in [0.29, 0.717) is 12.3 Å². The number of imidazole rings is 1. The number of nitrogens with zero attached hydrogens (tertiary/aromatic N) is 1. The molecule has 0 saturated carbocycles. The molecule has 1 aromatic carbocycles. The van der Waals surface area contributed by atoms with Gasteiger partial charge < -0.3 is 19.8 Å². The van der Waals surface area contributed by atoms with Crippen LogP contribution < -0.4 is 5.32 Å². The molecule has 106 valence electrons. The Morgan fingerprint density at radius 2 is 2.05 bits per heavy atom. The predicted octanol–water partition coefficient (Wildman–Crippen LogP) is 2.98. The summed E-state index contributed by atoms with van der Waals surface area (Å²) >= 11 is 0. The maximum absolute atomic E-state index is 10.7. The van der Waals surface area contributed by atoms with Crippen LogP contribution in [0.1, 0.15) is 16.3 Å². The summed E-state index contributed by atoms with van der Waals surface area (Å²) in [6.45, 7) is 0.427. The lowest BCUT2D eigenvalue weighted by molar-refractivity contribution is 0.0660. The van der Waals surface area contributed by atoms with E-state index in [1.54, 1.807) is 18.6 Å². The number of carboxylic acids is 1. The van der Waals surface area contributed by atoms with Gasteiger partial charge in [-0.05, 0) is 29.8 Å². The van der Waals surface area contributed by atoms with Crippen molar-refractivity contribution < 1.29 is 14.3 Å². The molecule has 3 rings (SSSR count). The Balaban J connectivity index is 1.64. The topological polar surface area (TPSA) is 91.1 Å². The number of aromatic amines is 1. The molecule has 0 bridgehead atoms. The van der Waals surface area contributed by atoms with Crippen LogP contribution in [0.5, 0.6) is 0 Å². The van der Waals surface area contributed by atoms with E-state index in [4.69, 9.17) is 9.52 Å². The fourth-order valence-corrected chi connectivity index (χ4v) is 1.96. The van der Waals surface area contributed by atoms with E-state index in [-0.39, 0.29) is 5.76 Å². The first-order chi connectivity index (χ1) is 10.2. The summed E-state index contributed by atoms with van der Waals surface area (Å²) in [5.74, 6) is -0.545. The fraction of sp³-hybridized carbons (Fsp3) is 0.0667. The van der Waals surface area contributed by atoms with Crippen molar-refractivity contribution in [2.45, 2.75) is 6.54 Å². The quantitative estimate of drug-likeness (QED) is 0.669. The molecule has 0 unspecified atom stereocenters. The zero-order valence-electron chi connectivity index (χ0n) is 11.0. The lowest BCUT2D eigenvalue weighted by atomic mass is 10.1. The fourth-order valence-electron chi connectivity index (χ4n) is 1.96. The lowest BCUT2D eigenvalue weighted by Gasteiger charge is -2.05. The number of furan rings is 1. The molecule has 6 heteroatoms. The number of anilines is 1. The summed E-state index contributed by atoms with van der Waals surface area (Å²) in [7, 11) is 0. The molecule has 6 nitrogen and oxygen atoms in total. The molecule has 3 N–H and O–H groups in total. The number of rotatable bonds is 5. The molecular formula is C15H13N3O3. The summed E-state index contributed by atoms with van der Waals surface area (Å²) in [5.41, 5.74) is 2.93. The van der Waals surface area contributed by atoms with Crippen molar-refractivity contribution in [3.63, 3.8) is 0 Å². The van der Waals surface area contributed by atoms with Gasteiger partial charge in [0.15, 0.2) is 0 Å². The maximum atomic E-state index is 10.7. The van der Waals surface area contributed by atoms with E-state index in [0.717, 1.165) is 16.9 Å². The summed E-state index contributed by atoms with van der Waals surface area (Å²) in [4.78, 5) is 17.7. The monoisotopic (exact) mass is 283 g/mol. The molecule has 3 aromatic rings. The first kappa shape index (κ1) is 13.0. The Kier molecular flexibility index (Phi) is 3.42. The molecular weight excluding hydrogens is 270 g/mol. The molecule has 0 aliphatic rings. The van der Waals surface area contributed by atoms with Gasteiger partial charge in [0.1, 0.15) is 5.76 Å². The number of nitrogens with one attached hydrogen (secondary N) is 2. The molecule has 2 aromatic heterocycles. The van der Waals surface area contributed by atoms with Gasteiger partial charge in [0.05, 0.1) is 24.8 Å². The lowest BCUT2D eigenvalue weighted by Crippen LogP contribution is -1.98. The second kappa shape index (κ2) is 5.54. The summed E-state index contributed by atoms with van der Waals surface area (Å²) in [6, 6.07) is 10.9. The van der Waals surface area contributed by atoms with Gasteiger partial charge in [0, 0.05) is 5.69 Å². The van der Waals surface area contributed by atoms with E-state index in [1.165, 1.54) is 6.07 Å². The molecule has 0 spiro atoms. The highest BCUT2D eigenvalue weighted by molar-refractivity contribution is 5.84. The SMILES string of the molecule is O=C(O)c1ccc(CNc2ccc(-c3cnc[nH]3)cc2)o1. The van der Waals surface area contributed by atoms with Gasteiger partial charge in [0.25, 0.3) is 0 Å². The molecule has 0 fully saturated rings. The number of H-pyrrole nitrogens is 1. The Bertz CT molecular complexity index is 730. The number of hydrogen-bond donors (Lipinski definition) is 3. The molecule has 21 heavy (non-hydrogen) atoms. The predicted molar refractivity (Wildman–Crippen MR) is 77.0 cm³/mol. The van der Waals surface area contributed by atoms with Crippen LogP contribution in [0.4, 0.5) is 5.69 Å². The average molecular weight is 283 g/mol. The van der Waals surface area contributed by atoms with Crippen LogP contribution in [0.25, 0.3) is 11.3 Å². The standard InChI is InChI=1S/C15H13N3O3/c19-15(20)14-6-5-12(21-14)7-17-11-3-1-10(2-4-11)13-8-16-9-18-13/h1-6,8-9,17H,7H2,(H,16,18)(H,19,20). The molecule has 0 atom stereocenters. The Morgan fingerprint density at radius 3 is 2.67 bits per heavy atom. The zero-order valence-corrected chi connectivity index (χ0v) is 11.0. The summed E-state index contributed by atoms with van der Waals surface area (Å²) in [6.07, 6.45) is 3.40. The van der Waals surface area contributed by atoms with Gasteiger partial charge in [-0.2, -0.15) is 0 Å². The molecule has 0 aliphatic heterocycles. The van der Waals surface area contributed by atoms with Crippen molar-refractivity contribution in [2.24, 2.45) is 0 Å². The van der Waals surface area contributed by atoms with Gasteiger partial charge in [-0.1, -0.05) is 12.1 Å². The zero-order chi connectivity index (χ0) is 14.7. The van der Waals surface area contributed by atoms with Crippen molar-refractivity contribution >= 4 is 11.7 Å². The first-order valence-electron chi connectivity index (χ1n) is 6.37. The Morgan fingerprint density at radius 1 is 1.24 bits per heavy atom. The van der Waals surface area contributed by atoms with Crippen molar-refractivity contribution in [3.05, 3.63) is 60.4 Å². The first-order valence-corrected chi connectivity index (χ1v) is 6.37. The van der Waals surface area contributed by atoms with Crippen LogP contribution in [-0.4, -0.2) is 21.0 Å². The second-order valence-electron chi connectivity index (χ2n) is 4.47. The molecule has 2 heterocycles. The van der Waals surface area contributed by atoms with Gasteiger partial charge in [0.2, 0.25) is 5.76 Å². The molecule has 0 radical (unpaired) electrons. The number of aromatic nitrogens is 2. The van der Waals surface area contributed by atoms with Crippen molar-refractivity contribution in [2.75, 3.05) is 5.32 Å². The van der Waals surface area contributed by atoms with E-state index < -0.39 is 5.97 Å². The smallest absolute Gasteiger partial charge is 0.371 e. The van der Waals surface area contributed by atoms with Crippen LogP contribution in [0, 0.1) is 0 Å². The molecule has 0 aliphatic carbocycles. The summed E-state index contributed by atoms with van der Waals surface area (Å²) in [5, 5.41) is 12.0. The molecule has 0 saturated heterocycles. The third-order valence-corrected chi connectivity index (χ3v) is 3.03. The van der Waals surface area contributed by atoms with E-state index >= 15 is 0 Å². The normalized spacial score (nSPS) is 10.5. The van der Waals surface area contributed by atoms with Gasteiger partial charge in [-0.15, -0.1) is 0 Å². The number of carboxylic acid groups (broad SMARTS) is 1. The van der Waals surface area contributed by atoms with Crippen molar-refractivity contribution in [1.29, 1.82) is 0 Å². The number of aromatic carboxylic acids is 1. The van der Waals surface area contributed by atoms with E-state index in [1.807, 2.05) is 24.3 Å². The van der Waals surface area contributed by atoms with Crippen LogP contribution >= 0.6 is 0 Å². The minimum absolute atomic E-state index is 0.0543.